The van der Waals surface area contributed by atoms with Gasteiger partial charge in [0.2, 0.25) is 5.95 Å². The number of nitrogens with zero attached hydrogens (tertiary/aromatic N) is 3. The van der Waals surface area contributed by atoms with E-state index in [2.05, 4.69) is 29.9 Å². The van der Waals surface area contributed by atoms with Crippen molar-refractivity contribution in [3.05, 3.63) is 18.5 Å². The standard InChI is InChI=1S/C9H11N3/c1-7-5-8(2)12-4-3-10-9(12)11-6-7/h3-7H,1-2H3. The lowest BCUT2D eigenvalue weighted by atomic mass is 10.2. The Morgan fingerprint density at radius 3 is 3.17 bits per heavy atom. The molecule has 0 N–H and O–H groups in total. The zero-order valence-electron chi connectivity index (χ0n) is 7.23. The summed E-state index contributed by atoms with van der Waals surface area (Å²) in [4.78, 5) is 8.38. The van der Waals surface area contributed by atoms with Gasteiger partial charge in [0.1, 0.15) is 0 Å². The number of hydrogen-bond acceptors (Lipinski definition) is 2. The molecule has 1 aromatic rings. The third kappa shape index (κ3) is 1.07. The lowest BCUT2D eigenvalue weighted by Crippen LogP contribution is -1.91. The van der Waals surface area contributed by atoms with Crippen molar-refractivity contribution in [3.63, 3.8) is 0 Å². The van der Waals surface area contributed by atoms with Crippen molar-refractivity contribution in [2.75, 3.05) is 0 Å². The van der Waals surface area contributed by atoms with Crippen LogP contribution in [0.2, 0.25) is 0 Å². The first-order valence-electron chi connectivity index (χ1n) is 4.04. The quantitative estimate of drug-likeness (QED) is 0.573. The first-order chi connectivity index (χ1) is 5.77. The van der Waals surface area contributed by atoms with Gasteiger partial charge in [0.15, 0.2) is 0 Å². The van der Waals surface area contributed by atoms with Crippen LogP contribution in [0.15, 0.2) is 23.5 Å². The molecule has 12 heavy (non-hydrogen) atoms. The summed E-state index contributed by atoms with van der Waals surface area (Å²) in [5.41, 5.74) is 1.19. The molecule has 0 fully saturated rings. The Morgan fingerprint density at radius 1 is 1.50 bits per heavy atom. The largest absolute Gasteiger partial charge is 0.289 e. The third-order valence-corrected chi connectivity index (χ3v) is 1.93. The maximum absolute atomic E-state index is 4.25. The molecule has 0 aromatic carbocycles. The Bertz CT molecular complexity index is 346. The van der Waals surface area contributed by atoms with Crippen molar-refractivity contribution in [1.29, 1.82) is 0 Å². The van der Waals surface area contributed by atoms with Gasteiger partial charge in [-0.3, -0.25) is 4.57 Å². The van der Waals surface area contributed by atoms with Gasteiger partial charge in [0.05, 0.1) is 0 Å². The SMILES string of the molecule is CC1=CC(C)C=Nc2nccn21. The molecule has 0 bridgehead atoms. The molecule has 62 valence electrons. The summed E-state index contributed by atoms with van der Waals surface area (Å²) in [5, 5.41) is 0. The van der Waals surface area contributed by atoms with E-state index in [1.54, 1.807) is 6.20 Å². The highest BCUT2D eigenvalue weighted by Gasteiger charge is 2.06. The van der Waals surface area contributed by atoms with Gasteiger partial charge in [0.25, 0.3) is 0 Å². The molecule has 1 aromatic heterocycles. The van der Waals surface area contributed by atoms with E-state index in [0.717, 1.165) is 5.95 Å². The molecule has 3 nitrogen and oxygen atoms in total. The summed E-state index contributed by atoms with van der Waals surface area (Å²) in [6, 6.07) is 0. The van der Waals surface area contributed by atoms with Crippen LogP contribution in [0.1, 0.15) is 13.8 Å². The van der Waals surface area contributed by atoms with E-state index in [1.807, 2.05) is 17.0 Å². The second kappa shape index (κ2) is 2.59. The van der Waals surface area contributed by atoms with E-state index in [4.69, 9.17) is 0 Å². The van der Waals surface area contributed by atoms with Gasteiger partial charge in [-0.1, -0.05) is 13.0 Å². The minimum Gasteiger partial charge on any atom is -0.289 e. The monoisotopic (exact) mass is 161 g/mol. The second-order valence-corrected chi connectivity index (χ2v) is 3.04. The predicted molar refractivity (Wildman–Crippen MR) is 49.5 cm³/mol. The van der Waals surface area contributed by atoms with Crippen molar-refractivity contribution in [2.45, 2.75) is 13.8 Å². The lowest BCUT2D eigenvalue weighted by Gasteiger charge is -2.01. The van der Waals surface area contributed by atoms with Crippen molar-refractivity contribution in [3.8, 4) is 0 Å². The van der Waals surface area contributed by atoms with Crippen LogP contribution in [0.5, 0.6) is 0 Å². The van der Waals surface area contributed by atoms with Gasteiger partial charge in [-0.2, -0.15) is 0 Å². The highest BCUT2D eigenvalue weighted by Crippen LogP contribution is 2.19. The molecular formula is C9H11N3. The molecule has 0 amide bonds. The summed E-state index contributed by atoms with van der Waals surface area (Å²) in [6.07, 6.45) is 7.77. The zero-order chi connectivity index (χ0) is 8.55. The topological polar surface area (TPSA) is 30.2 Å². The molecule has 0 saturated carbocycles. The number of allylic oxidation sites excluding steroid dienone is 2. The van der Waals surface area contributed by atoms with Gasteiger partial charge >= 0.3 is 0 Å². The molecule has 1 atom stereocenters. The van der Waals surface area contributed by atoms with E-state index in [-0.39, 0.29) is 0 Å². The van der Waals surface area contributed by atoms with Crippen LogP contribution >= 0.6 is 0 Å². The van der Waals surface area contributed by atoms with Crippen molar-refractivity contribution in [1.82, 2.24) is 9.55 Å². The molecule has 1 unspecified atom stereocenters. The van der Waals surface area contributed by atoms with Crippen LogP contribution < -0.4 is 0 Å². The highest BCUT2D eigenvalue weighted by molar-refractivity contribution is 5.71. The Kier molecular flexibility index (Phi) is 1.57. The number of aliphatic imine (C=N–C) groups is 1. The van der Waals surface area contributed by atoms with E-state index < -0.39 is 0 Å². The second-order valence-electron chi connectivity index (χ2n) is 3.04. The maximum Gasteiger partial charge on any atom is 0.233 e. The van der Waals surface area contributed by atoms with Gasteiger partial charge in [-0.25, -0.2) is 9.98 Å². The molecule has 0 aliphatic carbocycles. The fraction of sp³-hybridized carbons (Fsp3) is 0.333. The maximum atomic E-state index is 4.25. The molecule has 3 heteroatoms. The molecule has 2 rings (SSSR count). The van der Waals surface area contributed by atoms with Crippen LogP contribution in [-0.4, -0.2) is 15.8 Å². The Labute approximate surface area is 71.5 Å². The van der Waals surface area contributed by atoms with Gasteiger partial charge < -0.3 is 0 Å². The summed E-state index contributed by atoms with van der Waals surface area (Å²) < 4.78 is 1.99. The smallest absolute Gasteiger partial charge is 0.233 e. The van der Waals surface area contributed by atoms with E-state index in [0.29, 0.717) is 5.92 Å². The van der Waals surface area contributed by atoms with Crippen molar-refractivity contribution < 1.29 is 0 Å². The van der Waals surface area contributed by atoms with Crippen LogP contribution in [0, 0.1) is 5.92 Å². The molecule has 0 radical (unpaired) electrons. The molecule has 0 spiro atoms. The minimum absolute atomic E-state index is 0.395. The predicted octanol–water partition coefficient (Wildman–Crippen LogP) is 2.10. The number of imidazole rings is 1. The fourth-order valence-corrected chi connectivity index (χ4v) is 1.35. The van der Waals surface area contributed by atoms with Crippen molar-refractivity contribution in [2.24, 2.45) is 10.9 Å². The fourth-order valence-electron chi connectivity index (χ4n) is 1.35. The number of hydrogen-bond donors (Lipinski definition) is 0. The summed E-state index contributed by atoms with van der Waals surface area (Å²) in [6.45, 7) is 4.18. The molecule has 0 saturated heterocycles. The zero-order valence-corrected chi connectivity index (χ0v) is 7.23. The minimum atomic E-state index is 0.395. The van der Waals surface area contributed by atoms with E-state index >= 15 is 0 Å². The Morgan fingerprint density at radius 2 is 2.33 bits per heavy atom. The average molecular weight is 161 g/mol. The number of fused-ring (bicyclic) bond motifs is 1. The van der Waals surface area contributed by atoms with Gasteiger partial charge in [0, 0.05) is 30.2 Å². The number of rotatable bonds is 0. The van der Waals surface area contributed by atoms with Crippen LogP contribution in [0.25, 0.3) is 5.70 Å². The molecule has 1 aliphatic rings. The van der Waals surface area contributed by atoms with Crippen LogP contribution in [0.3, 0.4) is 0 Å². The van der Waals surface area contributed by atoms with Gasteiger partial charge in [-0.15, -0.1) is 0 Å². The Hall–Kier alpha value is -1.38. The highest BCUT2D eigenvalue weighted by atomic mass is 15.2. The summed E-state index contributed by atoms with van der Waals surface area (Å²) in [7, 11) is 0. The van der Waals surface area contributed by atoms with Crippen molar-refractivity contribution >= 4 is 17.9 Å². The summed E-state index contributed by atoms with van der Waals surface area (Å²) >= 11 is 0. The van der Waals surface area contributed by atoms with E-state index in [1.165, 1.54) is 5.70 Å². The van der Waals surface area contributed by atoms with Gasteiger partial charge in [-0.05, 0) is 6.92 Å². The van der Waals surface area contributed by atoms with Crippen LogP contribution in [-0.2, 0) is 0 Å². The summed E-state index contributed by atoms with van der Waals surface area (Å²) in [5.74, 6) is 1.17. The molecule has 2 heterocycles. The lowest BCUT2D eigenvalue weighted by molar-refractivity contribution is 1.01. The number of aromatic nitrogens is 2. The van der Waals surface area contributed by atoms with E-state index in [9.17, 15) is 0 Å². The average Bonchev–Trinajstić information content (AvgIpc) is 2.43. The normalized spacial score (nSPS) is 21.5. The third-order valence-electron chi connectivity index (χ3n) is 1.93. The first-order valence-corrected chi connectivity index (χ1v) is 4.04. The first kappa shape index (κ1) is 7.28. The molecule has 1 aliphatic heterocycles. The van der Waals surface area contributed by atoms with Crippen LogP contribution in [0.4, 0.5) is 5.95 Å². The Balaban J connectivity index is 2.55. The molecular weight excluding hydrogens is 150 g/mol.